The van der Waals surface area contributed by atoms with E-state index < -0.39 is 0 Å². The molecule has 1 aromatic rings. The Bertz CT molecular complexity index is 271. The summed E-state index contributed by atoms with van der Waals surface area (Å²) in [5, 5.41) is 12.8. The van der Waals surface area contributed by atoms with Gasteiger partial charge in [-0.2, -0.15) is 5.10 Å². The number of aromatic nitrogens is 3. The molecule has 0 spiro atoms. The fraction of sp³-hybridized carbons (Fsp3) is 0.750. The smallest absolute Gasteiger partial charge is 0.147 e. The van der Waals surface area contributed by atoms with Crippen molar-refractivity contribution in [2.75, 3.05) is 6.61 Å². The van der Waals surface area contributed by atoms with E-state index in [0.29, 0.717) is 13.0 Å². The minimum atomic E-state index is -0.0511. The first-order valence-electron chi connectivity index (χ1n) is 4.38. The van der Waals surface area contributed by atoms with Crippen LogP contribution in [0.3, 0.4) is 0 Å². The number of nitrogens with two attached hydrogens (primary N) is 1. The molecule has 1 atom stereocenters. The van der Waals surface area contributed by atoms with Crippen LogP contribution in [0.15, 0.2) is 0 Å². The van der Waals surface area contributed by atoms with Crippen molar-refractivity contribution in [3.63, 3.8) is 0 Å². The molecule has 74 valence electrons. The van der Waals surface area contributed by atoms with Gasteiger partial charge in [0.2, 0.25) is 0 Å². The Morgan fingerprint density at radius 3 is 2.69 bits per heavy atom. The summed E-state index contributed by atoms with van der Waals surface area (Å²) in [5.74, 6) is 1.62. The van der Waals surface area contributed by atoms with Crippen molar-refractivity contribution in [2.45, 2.75) is 32.9 Å². The minimum Gasteiger partial charge on any atom is -0.396 e. The molecule has 5 nitrogen and oxygen atoms in total. The van der Waals surface area contributed by atoms with Gasteiger partial charge in [0.05, 0.1) is 6.54 Å². The number of nitrogens with zero attached hydrogens (tertiary/aromatic N) is 3. The second kappa shape index (κ2) is 4.34. The van der Waals surface area contributed by atoms with Crippen LogP contribution in [-0.4, -0.2) is 32.5 Å². The molecular weight excluding hydrogens is 168 g/mol. The van der Waals surface area contributed by atoms with Crippen molar-refractivity contribution in [1.29, 1.82) is 0 Å². The fourth-order valence-corrected chi connectivity index (χ4v) is 1.21. The van der Waals surface area contributed by atoms with Gasteiger partial charge in [-0.05, 0) is 20.3 Å². The van der Waals surface area contributed by atoms with Gasteiger partial charge in [-0.15, -0.1) is 0 Å². The molecule has 13 heavy (non-hydrogen) atoms. The lowest BCUT2D eigenvalue weighted by atomic mass is 10.2. The van der Waals surface area contributed by atoms with E-state index in [1.54, 1.807) is 4.68 Å². The van der Waals surface area contributed by atoms with Gasteiger partial charge in [0.25, 0.3) is 0 Å². The van der Waals surface area contributed by atoms with Crippen LogP contribution >= 0.6 is 0 Å². The number of hydrogen-bond donors (Lipinski definition) is 2. The number of rotatable bonds is 4. The quantitative estimate of drug-likeness (QED) is 0.667. The maximum Gasteiger partial charge on any atom is 0.147 e. The Hall–Kier alpha value is -0.940. The van der Waals surface area contributed by atoms with Crippen LogP contribution in [0.4, 0.5) is 0 Å². The second-order valence-corrected chi connectivity index (χ2v) is 3.16. The highest BCUT2D eigenvalue weighted by molar-refractivity contribution is 4.88. The summed E-state index contributed by atoms with van der Waals surface area (Å²) in [6.45, 7) is 4.48. The number of aryl methyl sites for hydroxylation is 2. The van der Waals surface area contributed by atoms with E-state index >= 15 is 0 Å². The molecule has 0 fully saturated rings. The average Bonchev–Trinajstić information content (AvgIpc) is 2.30. The zero-order chi connectivity index (χ0) is 9.84. The third-order valence-corrected chi connectivity index (χ3v) is 1.87. The van der Waals surface area contributed by atoms with Crippen LogP contribution in [0, 0.1) is 13.8 Å². The lowest BCUT2D eigenvalue weighted by molar-refractivity contribution is 0.268. The van der Waals surface area contributed by atoms with Crippen LogP contribution in [0.25, 0.3) is 0 Å². The molecule has 1 aromatic heterocycles. The molecule has 0 aromatic carbocycles. The van der Waals surface area contributed by atoms with Gasteiger partial charge in [0, 0.05) is 12.6 Å². The second-order valence-electron chi connectivity index (χ2n) is 3.16. The van der Waals surface area contributed by atoms with Gasteiger partial charge in [0.1, 0.15) is 11.6 Å². The molecular formula is C8H16N4O. The summed E-state index contributed by atoms with van der Waals surface area (Å²) < 4.78 is 1.77. The largest absolute Gasteiger partial charge is 0.396 e. The van der Waals surface area contributed by atoms with Gasteiger partial charge in [-0.3, -0.25) is 0 Å². The molecule has 1 heterocycles. The molecule has 0 aliphatic carbocycles. The maximum absolute atomic E-state index is 8.66. The topological polar surface area (TPSA) is 77.0 Å². The van der Waals surface area contributed by atoms with E-state index in [1.165, 1.54) is 0 Å². The van der Waals surface area contributed by atoms with E-state index in [2.05, 4.69) is 10.1 Å². The van der Waals surface area contributed by atoms with Gasteiger partial charge in [-0.25, -0.2) is 9.67 Å². The molecule has 5 heteroatoms. The van der Waals surface area contributed by atoms with E-state index in [0.717, 1.165) is 11.6 Å². The maximum atomic E-state index is 8.66. The molecule has 3 N–H and O–H groups in total. The van der Waals surface area contributed by atoms with Crippen LogP contribution in [0.2, 0.25) is 0 Å². The standard InChI is InChI=1S/C8H16N4O/c1-6-10-7(2)12(11-6)5-8(9)3-4-13/h8,13H,3-5,9H2,1-2H3. The monoisotopic (exact) mass is 184 g/mol. The van der Waals surface area contributed by atoms with Crippen molar-refractivity contribution >= 4 is 0 Å². The van der Waals surface area contributed by atoms with Crippen molar-refractivity contribution in [2.24, 2.45) is 5.73 Å². The summed E-state index contributed by atoms with van der Waals surface area (Å²) >= 11 is 0. The Balaban J connectivity index is 2.57. The Labute approximate surface area is 77.6 Å². The summed E-state index contributed by atoms with van der Waals surface area (Å²) in [7, 11) is 0. The predicted octanol–water partition coefficient (Wildman–Crippen LogP) is -0.395. The van der Waals surface area contributed by atoms with Gasteiger partial charge in [0.15, 0.2) is 0 Å². The van der Waals surface area contributed by atoms with Crippen molar-refractivity contribution in [3.8, 4) is 0 Å². The Kier molecular flexibility index (Phi) is 3.39. The van der Waals surface area contributed by atoms with E-state index in [4.69, 9.17) is 10.8 Å². The van der Waals surface area contributed by atoms with Crippen molar-refractivity contribution in [3.05, 3.63) is 11.6 Å². The lowest BCUT2D eigenvalue weighted by Gasteiger charge is -2.10. The fourth-order valence-electron chi connectivity index (χ4n) is 1.21. The molecule has 0 amide bonds. The average molecular weight is 184 g/mol. The first-order valence-corrected chi connectivity index (χ1v) is 4.38. The normalized spacial score (nSPS) is 13.2. The van der Waals surface area contributed by atoms with Gasteiger partial charge < -0.3 is 10.8 Å². The molecule has 0 radical (unpaired) electrons. The van der Waals surface area contributed by atoms with Crippen LogP contribution in [-0.2, 0) is 6.54 Å². The van der Waals surface area contributed by atoms with Crippen LogP contribution in [0.5, 0.6) is 0 Å². The van der Waals surface area contributed by atoms with E-state index in [9.17, 15) is 0 Å². The van der Waals surface area contributed by atoms with Crippen molar-refractivity contribution < 1.29 is 5.11 Å². The zero-order valence-electron chi connectivity index (χ0n) is 8.06. The van der Waals surface area contributed by atoms with Gasteiger partial charge >= 0.3 is 0 Å². The van der Waals surface area contributed by atoms with Crippen LogP contribution < -0.4 is 5.73 Å². The highest BCUT2D eigenvalue weighted by atomic mass is 16.3. The molecule has 0 aliphatic rings. The third-order valence-electron chi connectivity index (χ3n) is 1.87. The number of aliphatic hydroxyl groups is 1. The van der Waals surface area contributed by atoms with Crippen LogP contribution in [0.1, 0.15) is 18.1 Å². The van der Waals surface area contributed by atoms with Gasteiger partial charge in [-0.1, -0.05) is 0 Å². The number of aliphatic hydroxyl groups excluding tert-OH is 1. The summed E-state index contributed by atoms with van der Waals surface area (Å²) in [5.41, 5.74) is 5.75. The lowest BCUT2D eigenvalue weighted by Crippen LogP contribution is -2.28. The number of hydrogen-bond acceptors (Lipinski definition) is 4. The predicted molar refractivity (Wildman–Crippen MR) is 49.2 cm³/mol. The third kappa shape index (κ3) is 2.78. The molecule has 0 saturated carbocycles. The van der Waals surface area contributed by atoms with E-state index in [-0.39, 0.29) is 12.6 Å². The molecule has 0 saturated heterocycles. The summed E-state index contributed by atoms with van der Waals surface area (Å²) in [4.78, 5) is 4.16. The van der Waals surface area contributed by atoms with Crippen molar-refractivity contribution in [1.82, 2.24) is 14.8 Å². The Morgan fingerprint density at radius 2 is 2.23 bits per heavy atom. The highest BCUT2D eigenvalue weighted by Crippen LogP contribution is 1.98. The molecule has 1 rings (SSSR count). The first kappa shape index (κ1) is 10.1. The summed E-state index contributed by atoms with van der Waals surface area (Å²) in [6, 6.07) is -0.0511. The molecule has 1 unspecified atom stereocenters. The minimum absolute atomic E-state index is 0.0511. The molecule has 0 aliphatic heterocycles. The Morgan fingerprint density at radius 1 is 1.54 bits per heavy atom. The summed E-state index contributed by atoms with van der Waals surface area (Å²) in [6.07, 6.45) is 0.596. The SMILES string of the molecule is Cc1nc(C)n(CC(N)CCO)n1. The first-order chi connectivity index (χ1) is 6.13. The highest BCUT2D eigenvalue weighted by Gasteiger charge is 2.07. The zero-order valence-corrected chi connectivity index (χ0v) is 8.06. The van der Waals surface area contributed by atoms with E-state index in [1.807, 2.05) is 13.8 Å². The molecule has 0 bridgehead atoms.